The number of benzene rings is 1. The average molecular weight is 608 g/mol. The number of hydrogen-bond donors (Lipinski definition) is 0. The van der Waals surface area contributed by atoms with E-state index in [0.29, 0.717) is 25.0 Å². The first-order valence-electron chi connectivity index (χ1n) is 15.2. The Balaban J connectivity index is 1.96. The summed E-state index contributed by atoms with van der Waals surface area (Å²) in [5, 5.41) is 0. The summed E-state index contributed by atoms with van der Waals surface area (Å²) in [4.78, 5) is 69.0. The molecule has 1 aromatic rings. The highest BCUT2D eigenvalue weighted by molar-refractivity contribution is 6.28. The molecule has 0 unspecified atom stereocenters. The van der Waals surface area contributed by atoms with Gasteiger partial charge in [-0.3, -0.25) is 24.2 Å². The number of amides is 4. The van der Waals surface area contributed by atoms with Gasteiger partial charge in [-0.2, -0.15) is 0 Å². The Bertz CT molecular complexity index is 1390. The summed E-state index contributed by atoms with van der Waals surface area (Å²) in [6.07, 6.45) is 5.08. The van der Waals surface area contributed by atoms with Crippen molar-refractivity contribution in [3.8, 4) is 0 Å². The summed E-state index contributed by atoms with van der Waals surface area (Å²) in [5.74, 6) is -2.32. The van der Waals surface area contributed by atoms with Crippen LogP contribution in [0, 0.1) is 5.41 Å². The number of urea groups is 1. The molecule has 44 heavy (non-hydrogen) atoms. The number of anilines is 1. The monoisotopic (exact) mass is 607 g/mol. The molecule has 2 aliphatic heterocycles. The average Bonchev–Trinajstić information content (AvgIpc) is 3.19. The van der Waals surface area contributed by atoms with E-state index in [9.17, 15) is 24.0 Å². The molecule has 238 valence electrons. The van der Waals surface area contributed by atoms with Gasteiger partial charge < -0.3 is 14.4 Å². The Kier molecular flexibility index (Phi) is 10.9. The molecule has 0 atom stereocenters. The van der Waals surface area contributed by atoms with Crippen LogP contribution in [0.5, 0.6) is 0 Å². The maximum absolute atomic E-state index is 13.6. The molecule has 1 fully saturated rings. The number of rotatable bonds is 13. The Labute approximate surface area is 260 Å². The smallest absolute Gasteiger partial charge is 0.334 e. The second-order valence-corrected chi connectivity index (χ2v) is 12.3. The molecule has 1 saturated heterocycles. The van der Waals surface area contributed by atoms with Crippen molar-refractivity contribution < 1.29 is 33.4 Å². The maximum Gasteiger partial charge on any atom is 0.334 e. The van der Waals surface area contributed by atoms with Crippen LogP contribution in [-0.4, -0.2) is 72.4 Å². The van der Waals surface area contributed by atoms with Gasteiger partial charge >= 0.3 is 18.0 Å². The van der Waals surface area contributed by atoms with Crippen LogP contribution in [0.4, 0.5) is 10.5 Å². The molecule has 10 heteroatoms. The Morgan fingerprint density at radius 3 is 2.11 bits per heavy atom. The SMILES string of the molecule is C=C(C)C(=O)OCCN1/C(=C/C=C2\C(=O)N(CCCC)C(=O)N(CCOC(=O)C(C)(C)CC)C2=O)C(C)(C)c2ccccc21. The molecule has 0 radical (unpaired) electrons. The van der Waals surface area contributed by atoms with Crippen LogP contribution in [0.25, 0.3) is 0 Å². The Hall–Kier alpha value is -4.21. The lowest BCUT2D eigenvalue weighted by Gasteiger charge is -2.34. The summed E-state index contributed by atoms with van der Waals surface area (Å²) >= 11 is 0. The number of unbranched alkanes of at least 4 members (excludes halogenated alkanes) is 1. The van der Waals surface area contributed by atoms with E-state index in [1.165, 1.54) is 6.08 Å². The third kappa shape index (κ3) is 7.11. The standard InChI is InChI=1S/C34H45N3O7/c1-9-11-18-36-28(38)24(29(39)37(32(36)42)20-22-44-31(41)33(5,6)10-2)16-17-27-34(7,8)25-14-12-13-15-26(25)35(27)19-21-43-30(40)23(3)4/h12-17H,3,9-11,18-22H2,1-2,4-8H3/b24-16+,27-17+. The number of esters is 2. The minimum atomic E-state index is -0.745. The van der Waals surface area contributed by atoms with Gasteiger partial charge in [0.05, 0.1) is 18.5 Å². The number of hydrogen-bond acceptors (Lipinski definition) is 8. The van der Waals surface area contributed by atoms with Crippen molar-refractivity contribution in [3.63, 3.8) is 0 Å². The van der Waals surface area contributed by atoms with Crippen LogP contribution < -0.4 is 4.90 Å². The normalized spacial score (nSPS) is 18.2. The zero-order valence-corrected chi connectivity index (χ0v) is 27.0. The number of para-hydroxylation sites is 1. The number of carbonyl (C=O) groups excluding carboxylic acids is 5. The Morgan fingerprint density at radius 2 is 1.50 bits per heavy atom. The molecule has 0 aliphatic carbocycles. The maximum atomic E-state index is 13.6. The minimum absolute atomic E-state index is 0.0997. The fraction of sp³-hybridized carbons (Fsp3) is 0.500. The lowest BCUT2D eigenvalue weighted by Crippen LogP contribution is -2.57. The second-order valence-electron chi connectivity index (χ2n) is 12.3. The van der Waals surface area contributed by atoms with Crippen molar-refractivity contribution in [2.75, 3.05) is 37.7 Å². The number of ether oxygens (including phenoxy) is 2. The Morgan fingerprint density at radius 1 is 0.909 bits per heavy atom. The van der Waals surface area contributed by atoms with Gasteiger partial charge in [0.2, 0.25) is 0 Å². The van der Waals surface area contributed by atoms with E-state index in [4.69, 9.17) is 9.47 Å². The molecule has 10 nitrogen and oxygen atoms in total. The summed E-state index contributed by atoms with van der Waals surface area (Å²) in [5.41, 5.74) is 1.69. The number of carbonyl (C=O) groups is 5. The quantitative estimate of drug-likeness (QED) is 0.169. The number of fused-ring (bicyclic) bond motifs is 1. The second kappa shape index (κ2) is 14.1. The van der Waals surface area contributed by atoms with Crippen LogP contribution in [0.1, 0.15) is 73.3 Å². The zero-order valence-electron chi connectivity index (χ0n) is 27.0. The van der Waals surface area contributed by atoms with Crippen LogP contribution >= 0.6 is 0 Å². The molecule has 0 N–H and O–H groups in total. The highest BCUT2D eigenvalue weighted by atomic mass is 16.5. The largest absolute Gasteiger partial charge is 0.463 e. The van der Waals surface area contributed by atoms with Gasteiger partial charge in [0, 0.05) is 28.9 Å². The van der Waals surface area contributed by atoms with Gasteiger partial charge in [0.1, 0.15) is 18.8 Å². The van der Waals surface area contributed by atoms with E-state index >= 15 is 0 Å². The van der Waals surface area contributed by atoms with Crippen LogP contribution in [0.2, 0.25) is 0 Å². The predicted molar refractivity (Wildman–Crippen MR) is 168 cm³/mol. The summed E-state index contributed by atoms with van der Waals surface area (Å²) in [7, 11) is 0. The number of imide groups is 2. The highest BCUT2D eigenvalue weighted by Gasteiger charge is 2.43. The number of barbiturate groups is 1. The summed E-state index contributed by atoms with van der Waals surface area (Å²) in [6.45, 7) is 16.9. The lowest BCUT2D eigenvalue weighted by molar-refractivity contribution is -0.155. The summed E-state index contributed by atoms with van der Waals surface area (Å²) < 4.78 is 10.8. The van der Waals surface area contributed by atoms with E-state index in [-0.39, 0.29) is 31.9 Å². The molecular formula is C34H45N3O7. The van der Waals surface area contributed by atoms with Gasteiger partial charge in [-0.25, -0.2) is 9.59 Å². The van der Waals surface area contributed by atoms with Gasteiger partial charge in [-0.1, -0.05) is 58.9 Å². The molecule has 3 rings (SSSR count). The van der Waals surface area contributed by atoms with Gasteiger partial charge in [-0.05, 0) is 57.4 Å². The molecule has 0 bridgehead atoms. The zero-order chi connectivity index (χ0) is 32.8. The molecule has 0 saturated carbocycles. The fourth-order valence-electron chi connectivity index (χ4n) is 5.02. The first-order chi connectivity index (χ1) is 20.7. The van der Waals surface area contributed by atoms with Crippen molar-refractivity contribution >= 4 is 35.5 Å². The first-order valence-corrected chi connectivity index (χ1v) is 15.2. The van der Waals surface area contributed by atoms with E-state index in [1.807, 2.05) is 56.9 Å². The van der Waals surface area contributed by atoms with E-state index in [1.54, 1.807) is 26.8 Å². The predicted octanol–water partition coefficient (Wildman–Crippen LogP) is 5.28. The third-order valence-corrected chi connectivity index (χ3v) is 8.24. The highest BCUT2D eigenvalue weighted by Crippen LogP contribution is 2.47. The van der Waals surface area contributed by atoms with Gasteiger partial charge in [-0.15, -0.1) is 0 Å². The molecule has 0 spiro atoms. The van der Waals surface area contributed by atoms with Crippen molar-refractivity contribution in [3.05, 3.63) is 65.4 Å². The van der Waals surface area contributed by atoms with Crippen LogP contribution in [0.15, 0.2) is 59.8 Å². The van der Waals surface area contributed by atoms with Crippen molar-refractivity contribution in [1.29, 1.82) is 0 Å². The van der Waals surface area contributed by atoms with E-state index in [0.717, 1.165) is 33.2 Å². The van der Waals surface area contributed by atoms with Crippen LogP contribution in [-0.2, 0) is 34.1 Å². The summed E-state index contributed by atoms with van der Waals surface area (Å²) in [6, 6.07) is 7.12. The molecule has 2 aliphatic rings. The van der Waals surface area contributed by atoms with E-state index < -0.39 is 40.6 Å². The van der Waals surface area contributed by atoms with Gasteiger partial charge in [0.15, 0.2) is 0 Å². The van der Waals surface area contributed by atoms with Gasteiger partial charge in [0.25, 0.3) is 11.8 Å². The minimum Gasteiger partial charge on any atom is -0.463 e. The van der Waals surface area contributed by atoms with Crippen molar-refractivity contribution in [2.24, 2.45) is 5.41 Å². The lowest BCUT2D eigenvalue weighted by atomic mass is 9.83. The fourth-order valence-corrected chi connectivity index (χ4v) is 5.02. The molecule has 4 amide bonds. The van der Waals surface area contributed by atoms with E-state index in [2.05, 4.69) is 6.58 Å². The van der Waals surface area contributed by atoms with Crippen molar-refractivity contribution in [1.82, 2.24) is 9.80 Å². The molecule has 1 aromatic carbocycles. The molecule has 0 aromatic heterocycles. The topological polar surface area (TPSA) is 114 Å². The number of nitrogens with zero attached hydrogens (tertiary/aromatic N) is 3. The molecule has 2 heterocycles. The van der Waals surface area contributed by atoms with Crippen molar-refractivity contribution in [2.45, 2.75) is 73.1 Å². The number of allylic oxidation sites excluding steroid dienone is 3. The molecular weight excluding hydrogens is 562 g/mol. The first kappa shape index (κ1) is 34.3. The third-order valence-electron chi connectivity index (χ3n) is 8.24. The van der Waals surface area contributed by atoms with Crippen LogP contribution in [0.3, 0.4) is 0 Å².